The van der Waals surface area contributed by atoms with Gasteiger partial charge >= 0.3 is 0 Å². The molecule has 2 rings (SSSR count). The normalized spacial score (nSPS) is 17.2. The third kappa shape index (κ3) is 3.83. The average molecular weight is 330 g/mol. The Morgan fingerprint density at radius 1 is 1.58 bits per heavy atom. The van der Waals surface area contributed by atoms with Crippen LogP contribution in [0.3, 0.4) is 0 Å². The number of hydroxylamine groups is 1. The number of benzene rings is 1. The van der Waals surface area contributed by atoms with Crippen molar-refractivity contribution in [1.29, 1.82) is 0 Å². The SMILES string of the molecule is C=CCc1c(C)c(O)cc(CN=[N+]=[N-])c1N1OCCC1CC(C)C. The van der Waals surface area contributed by atoms with Crippen molar-refractivity contribution in [2.24, 2.45) is 11.0 Å². The summed E-state index contributed by atoms with van der Waals surface area (Å²) in [6.07, 6.45) is 4.42. The van der Waals surface area contributed by atoms with Crippen molar-refractivity contribution in [1.82, 2.24) is 0 Å². The molecule has 0 bridgehead atoms. The van der Waals surface area contributed by atoms with E-state index in [1.807, 2.05) is 18.1 Å². The number of anilines is 1. The van der Waals surface area contributed by atoms with E-state index in [0.29, 0.717) is 18.9 Å². The van der Waals surface area contributed by atoms with Crippen LogP contribution in [0, 0.1) is 12.8 Å². The number of phenolic OH excluding ortho intramolecular Hbond substituents is 1. The fourth-order valence-corrected chi connectivity index (χ4v) is 3.28. The fraction of sp³-hybridized carbons (Fsp3) is 0.556. The number of aromatic hydroxyl groups is 1. The minimum absolute atomic E-state index is 0.179. The first-order valence-corrected chi connectivity index (χ1v) is 8.37. The topological polar surface area (TPSA) is 81.5 Å². The standard InChI is InChI=1S/C18H26N4O2/c1-5-6-16-13(4)17(23)10-14(11-20-21-19)18(16)22-15(7-8-24-22)9-12(2)3/h5,10,12,15,23H,1,6-9,11H2,2-4H3. The van der Waals surface area contributed by atoms with Crippen molar-refractivity contribution < 1.29 is 9.94 Å². The lowest BCUT2D eigenvalue weighted by atomic mass is 9.95. The van der Waals surface area contributed by atoms with Crippen LogP contribution in [0.25, 0.3) is 10.4 Å². The third-order valence-electron chi connectivity index (χ3n) is 4.37. The quantitative estimate of drug-likeness (QED) is 0.337. The first kappa shape index (κ1) is 18.2. The van der Waals surface area contributed by atoms with Gasteiger partial charge in [0.15, 0.2) is 0 Å². The van der Waals surface area contributed by atoms with Gasteiger partial charge in [-0.25, -0.2) is 0 Å². The monoisotopic (exact) mass is 330 g/mol. The Morgan fingerprint density at radius 2 is 2.33 bits per heavy atom. The molecule has 1 aliphatic rings. The van der Waals surface area contributed by atoms with Crippen molar-refractivity contribution in [3.63, 3.8) is 0 Å². The van der Waals surface area contributed by atoms with Gasteiger partial charge < -0.3 is 5.11 Å². The molecule has 1 fully saturated rings. The molecule has 0 aromatic heterocycles. The molecule has 6 heteroatoms. The Kier molecular flexibility index (Phi) is 6.12. The lowest BCUT2D eigenvalue weighted by Gasteiger charge is -2.30. The molecule has 1 aromatic carbocycles. The number of azide groups is 1. The Morgan fingerprint density at radius 3 is 2.96 bits per heavy atom. The van der Waals surface area contributed by atoms with E-state index in [1.54, 1.807) is 6.07 Å². The Bertz CT molecular complexity index is 651. The molecule has 6 nitrogen and oxygen atoms in total. The van der Waals surface area contributed by atoms with E-state index in [1.165, 1.54) is 0 Å². The van der Waals surface area contributed by atoms with Crippen LogP contribution in [-0.2, 0) is 17.8 Å². The molecule has 0 aliphatic carbocycles. The number of phenols is 1. The van der Waals surface area contributed by atoms with Crippen molar-refractivity contribution in [2.45, 2.75) is 52.6 Å². The van der Waals surface area contributed by atoms with E-state index in [4.69, 9.17) is 10.4 Å². The summed E-state index contributed by atoms with van der Waals surface area (Å²) in [7, 11) is 0. The number of hydrogen-bond acceptors (Lipinski definition) is 4. The molecule has 1 aliphatic heterocycles. The maximum Gasteiger partial charge on any atom is 0.119 e. The third-order valence-corrected chi connectivity index (χ3v) is 4.37. The number of nitrogens with zero attached hydrogens (tertiary/aromatic N) is 4. The molecule has 1 heterocycles. The van der Waals surface area contributed by atoms with E-state index in [0.717, 1.165) is 35.2 Å². The highest BCUT2D eigenvalue weighted by atomic mass is 16.7. The van der Waals surface area contributed by atoms with Gasteiger partial charge in [0.2, 0.25) is 0 Å². The van der Waals surface area contributed by atoms with Gasteiger partial charge in [0.05, 0.1) is 24.9 Å². The molecular formula is C18H26N4O2. The van der Waals surface area contributed by atoms with Crippen molar-refractivity contribution in [2.75, 3.05) is 11.7 Å². The van der Waals surface area contributed by atoms with Gasteiger partial charge in [0, 0.05) is 4.91 Å². The van der Waals surface area contributed by atoms with Crippen LogP contribution in [0.15, 0.2) is 23.8 Å². The zero-order valence-electron chi connectivity index (χ0n) is 14.7. The molecule has 24 heavy (non-hydrogen) atoms. The second-order valence-electron chi connectivity index (χ2n) is 6.62. The molecule has 0 saturated carbocycles. The van der Waals surface area contributed by atoms with Gasteiger partial charge in [-0.1, -0.05) is 25.0 Å². The molecular weight excluding hydrogens is 304 g/mol. The molecule has 0 spiro atoms. The van der Waals surface area contributed by atoms with Crippen LogP contribution in [0.2, 0.25) is 0 Å². The van der Waals surface area contributed by atoms with E-state index >= 15 is 0 Å². The summed E-state index contributed by atoms with van der Waals surface area (Å²) in [6.45, 7) is 11.0. The maximum absolute atomic E-state index is 10.3. The highest BCUT2D eigenvalue weighted by molar-refractivity contribution is 5.65. The van der Waals surface area contributed by atoms with E-state index in [2.05, 4.69) is 30.5 Å². The summed E-state index contributed by atoms with van der Waals surface area (Å²) >= 11 is 0. The molecule has 1 saturated heterocycles. The zero-order valence-corrected chi connectivity index (χ0v) is 14.7. The molecule has 0 radical (unpaired) electrons. The van der Waals surface area contributed by atoms with Gasteiger partial charge in [0.25, 0.3) is 0 Å². The first-order chi connectivity index (χ1) is 11.5. The zero-order chi connectivity index (χ0) is 17.7. The van der Waals surface area contributed by atoms with Crippen LogP contribution in [0.5, 0.6) is 5.75 Å². The fourth-order valence-electron chi connectivity index (χ4n) is 3.28. The number of hydrogen-bond donors (Lipinski definition) is 1. The van der Waals surface area contributed by atoms with Crippen LogP contribution in [0.1, 0.15) is 43.4 Å². The predicted molar refractivity (Wildman–Crippen MR) is 95.9 cm³/mol. The first-order valence-electron chi connectivity index (χ1n) is 8.37. The van der Waals surface area contributed by atoms with Crippen molar-refractivity contribution in [3.05, 3.63) is 45.9 Å². The Balaban J connectivity index is 2.56. The van der Waals surface area contributed by atoms with Crippen LogP contribution >= 0.6 is 0 Å². The van der Waals surface area contributed by atoms with E-state index in [-0.39, 0.29) is 18.3 Å². The lowest BCUT2D eigenvalue weighted by Crippen LogP contribution is -2.31. The Labute approximate surface area is 143 Å². The average Bonchev–Trinajstić information content (AvgIpc) is 2.97. The maximum atomic E-state index is 10.3. The van der Waals surface area contributed by atoms with Crippen LogP contribution in [0.4, 0.5) is 5.69 Å². The minimum atomic E-state index is 0.179. The van der Waals surface area contributed by atoms with E-state index in [9.17, 15) is 5.11 Å². The van der Waals surface area contributed by atoms with Crippen molar-refractivity contribution >= 4 is 5.69 Å². The molecule has 1 aromatic rings. The summed E-state index contributed by atoms with van der Waals surface area (Å²) in [6, 6.07) is 1.96. The molecule has 1 unspecified atom stereocenters. The predicted octanol–water partition coefficient (Wildman–Crippen LogP) is 4.80. The second-order valence-corrected chi connectivity index (χ2v) is 6.62. The number of allylic oxidation sites excluding steroid dienone is 1. The molecule has 1 N–H and O–H groups in total. The lowest BCUT2D eigenvalue weighted by molar-refractivity contribution is 0.155. The summed E-state index contributed by atoms with van der Waals surface area (Å²) in [5.41, 5.74) is 12.2. The van der Waals surface area contributed by atoms with Crippen molar-refractivity contribution in [3.8, 4) is 5.75 Å². The minimum Gasteiger partial charge on any atom is -0.508 e. The molecule has 1 atom stereocenters. The highest BCUT2D eigenvalue weighted by Crippen LogP contribution is 2.39. The summed E-state index contributed by atoms with van der Waals surface area (Å²) in [5, 5.41) is 15.9. The molecule has 0 amide bonds. The van der Waals surface area contributed by atoms with Crippen LogP contribution in [-0.4, -0.2) is 17.8 Å². The van der Waals surface area contributed by atoms with Gasteiger partial charge in [-0.15, -0.1) is 6.58 Å². The van der Waals surface area contributed by atoms with Gasteiger partial charge in [-0.3, -0.25) is 9.90 Å². The van der Waals surface area contributed by atoms with Gasteiger partial charge in [-0.2, -0.15) is 0 Å². The summed E-state index contributed by atoms with van der Waals surface area (Å²) < 4.78 is 0. The Hall–Kier alpha value is -2.17. The largest absolute Gasteiger partial charge is 0.508 e. The van der Waals surface area contributed by atoms with E-state index < -0.39 is 0 Å². The summed E-state index contributed by atoms with van der Waals surface area (Å²) in [4.78, 5) is 8.80. The smallest absolute Gasteiger partial charge is 0.119 e. The highest BCUT2D eigenvalue weighted by Gasteiger charge is 2.31. The molecule has 130 valence electrons. The van der Waals surface area contributed by atoms with Gasteiger partial charge in [0.1, 0.15) is 5.75 Å². The summed E-state index contributed by atoms with van der Waals surface area (Å²) in [5.74, 6) is 0.763. The number of rotatable bonds is 7. The van der Waals surface area contributed by atoms with Gasteiger partial charge in [-0.05, 0) is 60.4 Å². The van der Waals surface area contributed by atoms with Crippen LogP contribution < -0.4 is 5.06 Å². The second kappa shape index (κ2) is 8.08.